The Balaban J connectivity index is 2.12. The maximum absolute atomic E-state index is 10.9. The van der Waals surface area contributed by atoms with E-state index in [4.69, 9.17) is 4.74 Å². The lowest BCUT2D eigenvalue weighted by Gasteiger charge is -2.00. The molecule has 0 N–H and O–H groups in total. The minimum Gasteiger partial charge on any atom is -0.494 e. The van der Waals surface area contributed by atoms with Crippen LogP contribution in [0.5, 0.6) is 5.75 Å². The summed E-state index contributed by atoms with van der Waals surface area (Å²) in [5, 5.41) is 11.7. The predicted octanol–water partition coefficient (Wildman–Crippen LogP) is 4.19. The van der Waals surface area contributed by atoms with Crippen molar-refractivity contribution in [1.29, 1.82) is 0 Å². The van der Waals surface area contributed by atoms with Crippen LogP contribution in [0.2, 0.25) is 0 Å². The number of ether oxygens (including phenoxy) is 1. The molecule has 6 heteroatoms. The molecule has 0 saturated heterocycles. The molecule has 0 aliphatic heterocycles. The van der Waals surface area contributed by atoms with Crippen LogP contribution < -0.4 is 4.74 Å². The first kappa shape index (κ1) is 13.5. The fourth-order valence-electron chi connectivity index (χ4n) is 2.20. The van der Waals surface area contributed by atoms with Crippen LogP contribution in [0.15, 0.2) is 36.4 Å². The van der Waals surface area contributed by atoms with E-state index in [2.05, 4.69) is 4.98 Å². The van der Waals surface area contributed by atoms with Crippen molar-refractivity contribution in [3.05, 3.63) is 52.1 Å². The number of aryl methyl sites for hydroxylation is 1. The summed E-state index contributed by atoms with van der Waals surface area (Å²) in [6, 6.07) is 10.8. The molecule has 0 bridgehead atoms. The molecule has 5 nitrogen and oxygen atoms in total. The van der Waals surface area contributed by atoms with Crippen LogP contribution in [0.25, 0.3) is 20.8 Å². The fourth-order valence-corrected chi connectivity index (χ4v) is 3.18. The molecule has 0 atom stereocenters. The quantitative estimate of drug-likeness (QED) is 0.537. The van der Waals surface area contributed by atoms with E-state index >= 15 is 0 Å². The summed E-state index contributed by atoms with van der Waals surface area (Å²) in [6.07, 6.45) is 0. The topological polar surface area (TPSA) is 65.3 Å². The molecule has 0 aliphatic carbocycles. The van der Waals surface area contributed by atoms with Crippen molar-refractivity contribution in [2.75, 3.05) is 7.11 Å². The molecule has 1 heterocycles. The Morgan fingerprint density at radius 2 is 2.10 bits per heavy atom. The minimum atomic E-state index is -0.375. The first-order valence-corrected chi connectivity index (χ1v) is 7.11. The van der Waals surface area contributed by atoms with Crippen molar-refractivity contribution in [1.82, 2.24) is 4.98 Å². The number of hydrogen-bond donors (Lipinski definition) is 0. The summed E-state index contributed by atoms with van der Waals surface area (Å²) in [4.78, 5) is 15.1. The molecular weight excluding hydrogens is 288 g/mol. The van der Waals surface area contributed by atoms with Gasteiger partial charge in [-0.2, -0.15) is 0 Å². The van der Waals surface area contributed by atoms with E-state index in [-0.39, 0.29) is 10.6 Å². The van der Waals surface area contributed by atoms with Gasteiger partial charge in [-0.15, -0.1) is 11.3 Å². The van der Waals surface area contributed by atoms with Crippen molar-refractivity contribution < 1.29 is 9.66 Å². The van der Waals surface area contributed by atoms with Crippen molar-refractivity contribution in [3.63, 3.8) is 0 Å². The number of nitrogens with zero attached hydrogens (tertiary/aromatic N) is 2. The van der Waals surface area contributed by atoms with Crippen LogP contribution in [0.1, 0.15) is 5.56 Å². The zero-order valence-electron chi connectivity index (χ0n) is 11.5. The van der Waals surface area contributed by atoms with Crippen molar-refractivity contribution >= 4 is 27.2 Å². The van der Waals surface area contributed by atoms with Crippen molar-refractivity contribution in [3.8, 4) is 16.3 Å². The zero-order chi connectivity index (χ0) is 15.0. The van der Waals surface area contributed by atoms with Crippen LogP contribution in [0.3, 0.4) is 0 Å². The van der Waals surface area contributed by atoms with Gasteiger partial charge in [0.2, 0.25) is 0 Å². The minimum absolute atomic E-state index is 0.123. The van der Waals surface area contributed by atoms with Crippen molar-refractivity contribution in [2.24, 2.45) is 0 Å². The number of para-hydroxylation sites is 1. The Morgan fingerprint density at radius 1 is 1.29 bits per heavy atom. The number of aromatic nitrogens is 1. The van der Waals surface area contributed by atoms with Gasteiger partial charge in [0.1, 0.15) is 16.3 Å². The van der Waals surface area contributed by atoms with Gasteiger partial charge in [-0.05, 0) is 31.2 Å². The highest BCUT2D eigenvalue weighted by Crippen LogP contribution is 2.35. The molecule has 0 fully saturated rings. The molecule has 21 heavy (non-hydrogen) atoms. The summed E-state index contributed by atoms with van der Waals surface area (Å²) < 4.78 is 6.33. The molecule has 0 aliphatic rings. The molecule has 0 radical (unpaired) electrons. The normalized spacial score (nSPS) is 10.8. The van der Waals surface area contributed by atoms with E-state index in [1.807, 2.05) is 18.2 Å². The Hall–Kier alpha value is -2.47. The number of rotatable bonds is 3. The molecule has 0 unspecified atom stereocenters. The van der Waals surface area contributed by atoms with E-state index in [0.29, 0.717) is 5.56 Å². The molecule has 0 amide bonds. The second-order valence-corrected chi connectivity index (χ2v) is 5.62. The molecule has 0 saturated carbocycles. The van der Waals surface area contributed by atoms with E-state index < -0.39 is 0 Å². The Kier molecular flexibility index (Phi) is 3.31. The van der Waals surface area contributed by atoms with Gasteiger partial charge in [-0.3, -0.25) is 10.1 Å². The third-order valence-electron chi connectivity index (χ3n) is 3.24. The third-order valence-corrected chi connectivity index (χ3v) is 4.31. The molecule has 1 aromatic heterocycles. The van der Waals surface area contributed by atoms with Crippen molar-refractivity contribution in [2.45, 2.75) is 6.92 Å². The largest absolute Gasteiger partial charge is 0.494 e. The number of nitro groups is 1. The lowest BCUT2D eigenvalue weighted by atomic mass is 10.1. The van der Waals surface area contributed by atoms with Gasteiger partial charge in [0.05, 0.1) is 16.7 Å². The highest BCUT2D eigenvalue weighted by Gasteiger charge is 2.14. The van der Waals surface area contributed by atoms with E-state index in [1.54, 1.807) is 37.5 Å². The Labute approximate surface area is 125 Å². The number of benzene rings is 2. The van der Waals surface area contributed by atoms with Gasteiger partial charge in [0, 0.05) is 17.2 Å². The summed E-state index contributed by atoms with van der Waals surface area (Å²) in [5.41, 5.74) is 2.44. The lowest BCUT2D eigenvalue weighted by molar-refractivity contribution is -0.385. The SMILES string of the molecule is COc1cccc2sc(-c3ccc([N+](=O)[O-])c(C)c3)nc12. The maximum Gasteiger partial charge on any atom is 0.272 e. The standard InChI is InChI=1S/C15H12N2O3S/c1-9-8-10(6-7-11(9)17(18)19)15-16-14-12(20-2)4-3-5-13(14)21-15/h3-8H,1-2H3. The predicted molar refractivity (Wildman–Crippen MR) is 83.0 cm³/mol. The summed E-state index contributed by atoms with van der Waals surface area (Å²) in [7, 11) is 1.61. The average molecular weight is 300 g/mol. The Morgan fingerprint density at radius 3 is 2.76 bits per heavy atom. The van der Waals surface area contributed by atoms with Gasteiger partial charge >= 0.3 is 0 Å². The summed E-state index contributed by atoms with van der Waals surface area (Å²) in [5.74, 6) is 0.730. The number of methoxy groups -OCH3 is 1. The smallest absolute Gasteiger partial charge is 0.272 e. The van der Waals surface area contributed by atoms with Gasteiger partial charge in [0.25, 0.3) is 5.69 Å². The summed E-state index contributed by atoms with van der Waals surface area (Å²) >= 11 is 1.54. The highest BCUT2D eigenvalue weighted by molar-refractivity contribution is 7.21. The summed E-state index contributed by atoms with van der Waals surface area (Å²) in [6.45, 7) is 1.73. The molecule has 0 spiro atoms. The van der Waals surface area contributed by atoms with E-state index in [9.17, 15) is 10.1 Å². The van der Waals surface area contributed by atoms with Crippen LogP contribution in [-0.2, 0) is 0 Å². The molecule has 3 aromatic rings. The Bertz CT molecular complexity index is 842. The number of nitro benzene ring substituents is 1. The monoisotopic (exact) mass is 300 g/mol. The molecular formula is C15H12N2O3S. The zero-order valence-corrected chi connectivity index (χ0v) is 12.3. The van der Waals surface area contributed by atoms with Gasteiger partial charge in [0.15, 0.2) is 0 Å². The average Bonchev–Trinajstić information content (AvgIpc) is 2.90. The maximum atomic E-state index is 10.9. The second kappa shape index (κ2) is 5.14. The number of hydrogen-bond acceptors (Lipinski definition) is 5. The number of thiazole rings is 1. The lowest BCUT2D eigenvalue weighted by Crippen LogP contribution is -1.91. The van der Waals surface area contributed by atoms with Crippen LogP contribution in [0, 0.1) is 17.0 Å². The highest BCUT2D eigenvalue weighted by atomic mass is 32.1. The van der Waals surface area contributed by atoms with Crippen LogP contribution >= 0.6 is 11.3 Å². The van der Waals surface area contributed by atoms with Gasteiger partial charge in [-0.25, -0.2) is 4.98 Å². The van der Waals surface area contributed by atoms with Gasteiger partial charge in [-0.1, -0.05) is 6.07 Å². The fraction of sp³-hybridized carbons (Fsp3) is 0.133. The molecule has 2 aromatic carbocycles. The first-order valence-electron chi connectivity index (χ1n) is 6.29. The second-order valence-electron chi connectivity index (χ2n) is 4.58. The van der Waals surface area contributed by atoms with E-state index in [1.165, 1.54) is 6.07 Å². The van der Waals surface area contributed by atoms with Crippen LogP contribution in [-0.4, -0.2) is 17.0 Å². The van der Waals surface area contributed by atoms with Gasteiger partial charge < -0.3 is 4.74 Å². The first-order chi connectivity index (χ1) is 10.1. The number of fused-ring (bicyclic) bond motifs is 1. The van der Waals surface area contributed by atoms with Crippen LogP contribution in [0.4, 0.5) is 5.69 Å². The molecule has 106 valence electrons. The third kappa shape index (κ3) is 2.34. The molecule has 3 rings (SSSR count). The van der Waals surface area contributed by atoms with E-state index in [0.717, 1.165) is 26.5 Å².